The third kappa shape index (κ3) is 3.54. The summed E-state index contributed by atoms with van der Waals surface area (Å²) in [6, 6.07) is 5.88. The fourth-order valence-corrected chi connectivity index (χ4v) is 1.94. The summed E-state index contributed by atoms with van der Waals surface area (Å²) < 4.78 is 5.24. The van der Waals surface area contributed by atoms with Gasteiger partial charge >= 0.3 is 0 Å². The smallest absolute Gasteiger partial charge is 0.222 e. The summed E-state index contributed by atoms with van der Waals surface area (Å²) in [5.41, 5.74) is 8.18. The van der Waals surface area contributed by atoms with Gasteiger partial charge in [-0.1, -0.05) is 13.0 Å². The highest BCUT2D eigenvalue weighted by Crippen LogP contribution is 2.14. The molecule has 102 valence electrons. The van der Waals surface area contributed by atoms with Crippen LogP contribution in [0.25, 0.3) is 11.1 Å². The number of amides is 1. The average molecular weight is 261 g/mol. The van der Waals surface area contributed by atoms with E-state index in [2.05, 4.69) is 10.3 Å². The highest BCUT2D eigenvalue weighted by Gasteiger charge is 2.10. The van der Waals surface area contributed by atoms with Gasteiger partial charge in [-0.2, -0.15) is 0 Å². The number of carbonyl (C=O) groups excluding carboxylic acids is 1. The largest absolute Gasteiger partial charge is 0.443 e. The number of hydrogen-bond acceptors (Lipinski definition) is 4. The summed E-state index contributed by atoms with van der Waals surface area (Å²) >= 11 is 0. The van der Waals surface area contributed by atoms with E-state index < -0.39 is 0 Å². The third-order valence-electron chi connectivity index (χ3n) is 3.16. The summed E-state index contributed by atoms with van der Waals surface area (Å²) in [4.78, 5) is 15.8. The zero-order valence-electron chi connectivity index (χ0n) is 11.1. The minimum Gasteiger partial charge on any atom is -0.443 e. The van der Waals surface area contributed by atoms with E-state index in [0.29, 0.717) is 13.1 Å². The fourth-order valence-electron chi connectivity index (χ4n) is 1.94. The molecule has 5 heteroatoms. The van der Waals surface area contributed by atoms with Gasteiger partial charge in [0.05, 0.1) is 0 Å². The van der Waals surface area contributed by atoms with Crippen LogP contribution in [0.15, 0.2) is 29.0 Å². The molecule has 3 N–H and O–H groups in total. The normalized spacial score (nSPS) is 12.5. The van der Waals surface area contributed by atoms with Crippen LogP contribution in [0.2, 0.25) is 0 Å². The van der Waals surface area contributed by atoms with E-state index in [1.54, 1.807) is 0 Å². The number of nitrogens with two attached hydrogens (primary N) is 1. The molecule has 1 heterocycles. The van der Waals surface area contributed by atoms with Gasteiger partial charge in [-0.05, 0) is 37.1 Å². The second-order valence-corrected chi connectivity index (χ2v) is 4.67. The molecule has 5 nitrogen and oxygen atoms in total. The van der Waals surface area contributed by atoms with Crippen molar-refractivity contribution in [2.75, 3.05) is 13.1 Å². The van der Waals surface area contributed by atoms with Gasteiger partial charge in [0.2, 0.25) is 5.91 Å². The first-order valence-corrected chi connectivity index (χ1v) is 6.50. The molecule has 1 unspecified atom stereocenters. The van der Waals surface area contributed by atoms with Crippen LogP contribution in [0, 0.1) is 5.92 Å². The average Bonchev–Trinajstić information content (AvgIpc) is 2.86. The second kappa shape index (κ2) is 6.33. The van der Waals surface area contributed by atoms with Gasteiger partial charge < -0.3 is 15.5 Å². The molecule has 2 aromatic rings. The molecule has 0 aliphatic rings. The Balaban J connectivity index is 1.83. The lowest BCUT2D eigenvalue weighted by molar-refractivity contribution is -0.124. The van der Waals surface area contributed by atoms with Crippen LogP contribution >= 0.6 is 0 Å². The Morgan fingerprint density at radius 3 is 3.16 bits per heavy atom. The zero-order valence-corrected chi connectivity index (χ0v) is 11.1. The number of nitrogens with one attached hydrogen (secondary N) is 1. The predicted octanol–water partition coefficient (Wildman–Crippen LogP) is 1.47. The summed E-state index contributed by atoms with van der Waals surface area (Å²) in [6.45, 7) is 3.05. The van der Waals surface area contributed by atoms with Crippen LogP contribution in [0.4, 0.5) is 0 Å². The standard InChI is InChI=1S/C14H19N3O2/c1-10(4-6-15)14(18)16-7-5-11-2-3-12-13(8-11)19-9-17-12/h2-3,8-10H,4-7,15H2,1H3,(H,16,18). The Hall–Kier alpha value is -1.88. The van der Waals surface area contributed by atoms with Gasteiger partial charge in [0.25, 0.3) is 0 Å². The molecule has 1 amide bonds. The Morgan fingerprint density at radius 2 is 2.37 bits per heavy atom. The van der Waals surface area contributed by atoms with E-state index in [1.165, 1.54) is 6.39 Å². The van der Waals surface area contributed by atoms with Crippen molar-refractivity contribution in [1.82, 2.24) is 10.3 Å². The molecular formula is C14H19N3O2. The number of rotatable bonds is 6. The van der Waals surface area contributed by atoms with E-state index in [1.807, 2.05) is 25.1 Å². The van der Waals surface area contributed by atoms with Crippen molar-refractivity contribution < 1.29 is 9.21 Å². The first-order valence-electron chi connectivity index (χ1n) is 6.50. The van der Waals surface area contributed by atoms with Crippen LogP contribution in [0.1, 0.15) is 18.9 Å². The number of nitrogens with zero attached hydrogens (tertiary/aromatic N) is 1. The number of oxazole rings is 1. The number of hydrogen-bond donors (Lipinski definition) is 2. The minimum atomic E-state index is -0.0262. The van der Waals surface area contributed by atoms with Gasteiger partial charge in [0.1, 0.15) is 5.52 Å². The lowest BCUT2D eigenvalue weighted by Crippen LogP contribution is -2.31. The minimum absolute atomic E-state index is 0.0262. The second-order valence-electron chi connectivity index (χ2n) is 4.67. The van der Waals surface area contributed by atoms with Crippen LogP contribution in [-0.2, 0) is 11.2 Å². The molecular weight excluding hydrogens is 242 g/mol. The van der Waals surface area contributed by atoms with Crippen LogP contribution in [0.3, 0.4) is 0 Å². The molecule has 0 fully saturated rings. The topological polar surface area (TPSA) is 81.2 Å². The Morgan fingerprint density at radius 1 is 1.53 bits per heavy atom. The Kier molecular flexibility index (Phi) is 4.52. The molecule has 1 aromatic heterocycles. The van der Waals surface area contributed by atoms with Gasteiger partial charge in [0.15, 0.2) is 12.0 Å². The van der Waals surface area contributed by atoms with Gasteiger partial charge in [-0.25, -0.2) is 4.98 Å². The van der Waals surface area contributed by atoms with Crippen molar-refractivity contribution in [3.05, 3.63) is 30.2 Å². The highest BCUT2D eigenvalue weighted by molar-refractivity contribution is 5.78. The van der Waals surface area contributed by atoms with E-state index in [4.69, 9.17) is 10.2 Å². The maximum Gasteiger partial charge on any atom is 0.222 e. The first kappa shape index (κ1) is 13.5. The fraction of sp³-hybridized carbons (Fsp3) is 0.429. The molecule has 19 heavy (non-hydrogen) atoms. The summed E-state index contributed by atoms with van der Waals surface area (Å²) in [6.07, 6.45) is 2.93. The van der Waals surface area contributed by atoms with Crippen LogP contribution in [-0.4, -0.2) is 24.0 Å². The predicted molar refractivity (Wildman–Crippen MR) is 73.6 cm³/mol. The van der Waals surface area contributed by atoms with E-state index in [9.17, 15) is 4.79 Å². The Labute approximate surface area is 112 Å². The first-order chi connectivity index (χ1) is 9.20. The number of benzene rings is 1. The highest BCUT2D eigenvalue weighted by atomic mass is 16.3. The molecule has 0 saturated heterocycles. The molecule has 0 aliphatic carbocycles. The monoisotopic (exact) mass is 261 g/mol. The molecule has 0 aliphatic heterocycles. The van der Waals surface area contributed by atoms with Gasteiger partial charge in [0, 0.05) is 12.5 Å². The van der Waals surface area contributed by atoms with Crippen molar-refractivity contribution in [3.8, 4) is 0 Å². The van der Waals surface area contributed by atoms with E-state index in [-0.39, 0.29) is 11.8 Å². The number of carbonyl (C=O) groups is 1. The maximum atomic E-state index is 11.7. The van der Waals surface area contributed by atoms with Crippen LogP contribution < -0.4 is 11.1 Å². The lowest BCUT2D eigenvalue weighted by Gasteiger charge is -2.10. The molecule has 0 radical (unpaired) electrons. The molecule has 0 spiro atoms. The number of fused-ring (bicyclic) bond motifs is 1. The Bertz CT molecular complexity index is 550. The quantitative estimate of drug-likeness (QED) is 0.825. The van der Waals surface area contributed by atoms with E-state index >= 15 is 0 Å². The number of aromatic nitrogens is 1. The van der Waals surface area contributed by atoms with Crippen molar-refractivity contribution >= 4 is 17.0 Å². The maximum absolute atomic E-state index is 11.7. The molecule has 0 saturated carbocycles. The van der Waals surface area contributed by atoms with Gasteiger partial charge in [-0.15, -0.1) is 0 Å². The van der Waals surface area contributed by atoms with Crippen molar-refractivity contribution in [2.45, 2.75) is 19.8 Å². The lowest BCUT2D eigenvalue weighted by atomic mass is 10.1. The van der Waals surface area contributed by atoms with Gasteiger partial charge in [-0.3, -0.25) is 4.79 Å². The SMILES string of the molecule is CC(CCN)C(=O)NCCc1ccc2ncoc2c1. The van der Waals surface area contributed by atoms with Crippen molar-refractivity contribution in [2.24, 2.45) is 11.7 Å². The summed E-state index contributed by atoms with van der Waals surface area (Å²) in [5, 5.41) is 2.92. The molecule has 1 atom stereocenters. The molecule has 0 bridgehead atoms. The van der Waals surface area contributed by atoms with Crippen LogP contribution in [0.5, 0.6) is 0 Å². The summed E-state index contributed by atoms with van der Waals surface area (Å²) in [7, 11) is 0. The molecule has 1 aromatic carbocycles. The molecule has 2 rings (SSSR count). The van der Waals surface area contributed by atoms with Crippen molar-refractivity contribution in [1.29, 1.82) is 0 Å². The zero-order chi connectivity index (χ0) is 13.7. The third-order valence-corrected chi connectivity index (χ3v) is 3.16. The van der Waals surface area contributed by atoms with E-state index in [0.717, 1.165) is 29.5 Å². The van der Waals surface area contributed by atoms with Crippen molar-refractivity contribution in [3.63, 3.8) is 0 Å². The summed E-state index contributed by atoms with van der Waals surface area (Å²) in [5.74, 6) is 0.0351.